The monoisotopic (exact) mass is 506 g/mol. The van der Waals surface area contributed by atoms with Crippen molar-refractivity contribution in [3.8, 4) is 0 Å². The molecule has 31 heavy (non-hydrogen) atoms. The van der Waals surface area contributed by atoms with Gasteiger partial charge in [-0.05, 0) is 69.6 Å². The molecule has 3 aliphatic rings. The molecule has 4 atom stereocenters. The van der Waals surface area contributed by atoms with Crippen LogP contribution in [-0.2, 0) is 17.9 Å². The highest BCUT2D eigenvalue weighted by Gasteiger charge is 2.56. The van der Waals surface area contributed by atoms with Crippen molar-refractivity contribution in [3.63, 3.8) is 0 Å². The summed E-state index contributed by atoms with van der Waals surface area (Å²) in [5.74, 6) is 1.69. The van der Waals surface area contributed by atoms with Crippen molar-refractivity contribution < 1.29 is 4.79 Å². The van der Waals surface area contributed by atoms with Crippen LogP contribution in [-0.4, -0.2) is 21.7 Å². The van der Waals surface area contributed by atoms with E-state index in [-0.39, 0.29) is 18.0 Å². The smallest absolute Gasteiger partial charge is 0.283 e. The van der Waals surface area contributed by atoms with E-state index in [9.17, 15) is 9.59 Å². The molecule has 2 N–H and O–H groups in total. The van der Waals surface area contributed by atoms with Gasteiger partial charge in [-0.1, -0.05) is 44.5 Å². The number of carbonyl (C=O) groups is 1. The van der Waals surface area contributed by atoms with E-state index in [1.54, 1.807) is 18.3 Å². The normalized spacial score (nSPS) is 26.1. The molecule has 3 saturated carbocycles. The molecular weight excluding hydrogens is 480 g/mol. The lowest BCUT2D eigenvalue weighted by Crippen LogP contribution is -2.58. The Bertz CT molecular complexity index is 1040. The molecule has 0 unspecified atom stereocenters. The van der Waals surface area contributed by atoms with Gasteiger partial charge in [-0.15, -0.1) is 0 Å². The maximum atomic E-state index is 12.8. The van der Waals surface area contributed by atoms with E-state index in [1.807, 2.05) is 12.1 Å². The van der Waals surface area contributed by atoms with Gasteiger partial charge in [0.1, 0.15) is 11.0 Å². The van der Waals surface area contributed by atoms with Crippen molar-refractivity contribution in [2.75, 3.05) is 5.32 Å². The standard InChI is InChI=1S/C23H28BrClN4O2/c1-13-17-8-15(23(17,2)3)9-18(13)28-19-11-27-29(22(31)21(19)24)12-20(30)26-10-14-4-6-16(25)7-5-14/h4-7,11,13,15,17-18,28H,8-10,12H2,1-3H3,(H,26,30)/t13-,15+,17-,18-/m1/s1. The minimum absolute atomic E-state index is 0.135. The molecule has 1 aromatic carbocycles. The highest BCUT2D eigenvalue weighted by atomic mass is 79.9. The number of aromatic nitrogens is 2. The lowest BCUT2D eigenvalue weighted by atomic mass is 9.45. The third-order valence-electron chi connectivity index (χ3n) is 7.38. The van der Waals surface area contributed by atoms with Gasteiger partial charge in [-0.3, -0.25) is 9.59 Å². The molecule has 2 aromatic rings. The molecule has 1 amide bonds. The molecule has 1 heterocycles. The molecular formula is C23H28BrClN4O2. The Morgan fingerprint density at radius 2 is 2.00 bits per heavy atom. The summed E-state index contributed by atoms with van der Waals surface area (Å²) in [6.07, 6.45) is 4.04. The van der Waals surface area contributed by atoms with Gasteiger partial charge in [0.25, 0.3) is 5.56 Å². The Kier molecular flexibility index (Phi) is 6.19. The van der Waals surface area contributed by atoms with Gasteiger partial charge in [0.15, 0.2) is 0 Å². The highest BCUT2D eigenvalue weighted by Crippen LogP contribution is 2.61. The Labute approximate surface area is 195 Å². The first kappa shape index (κ1) is 22.3. The summed E-state index contributed by atoms with van der Waals surface area (Å²) in [5, 5.41) is 11.2. The van der Waals surface area contributed by atoms with E-state index in [4.69, 9.17) is 11.6 Å². The summed E-state index contributed by atoms with van der Waals surface area (Å²) in [6, 6.07) is 7.57. The van der Waals surface area contributed by atoms with Crippen LogP contribution in [0.25, 0.3) is 0 Å². The fourth-order valence-corrected chi connectivity index (χ4v) is 5.76. The van der Waals surface area contributed by atoms with Crippen molar-refractivity contribution in [1.82, 2.24) is 15.1 Å². The van der Waals surface area contributed by atoms with Crippen molar-refractivity contribution in [2.24, 2.45) is 23.2 Å². The first-order chi connectivity index (χ1) is 14.7. The van der Waals surface area contributed by atoms with Gasteiger partial charge in [0, 0.05) is 17.6 Å². The largest absolute Gasteiger partial charge is 0.380 e. The summed E-state index contributed by atoms with van der Waals surface area (Å²) in [7, 11) is 0. The lowest BCUT2D eigenvalue weighted by molar-refractivity contribution is -0.122. The lowest BCUT2D eigenvalue weighted by Gasteiger charge is -2.62. The average molecular weight is 508 g/mol. The molecule has 166 valence electrons. The number of hydrogen-bond acceptors (Lipinski definition) is 4. The van der Waals surface area contributed by atoms with Crippen molar-refractivity contribution >= 4 is 39.1 Å². The molecule has 0 saturated heterocycles. The van der Waals surface area contributed by atoms with E-state index in [1.165, 1.54) is 11.1 Å². The molecule has 0 aliphatic heterocycles. The van der Waals surface area contributed by atoms with Crippen molar-refractivity contribution in [2.45, 2.75) is 52.7 Å². The first-order valence-corrected chi connectivity index (χ1v) is 11.9. The third kappa shape index (κ3) is 4.40. The van der Waals surface area contributed by atoms with Gasteiger partial charge in [-0.25, -0.2) is 4.68 Å². The number of rotatable bonds is 6. The summed E-state index contributed by atoms with van der Waals surface area (Å²) in [5.41, 5.74) is 1.72. The first-order valence-electron chi connectivity index (χ1n) is 10.7. The number of amides is 1. The predicted octanol–water partition coefficient (Wildman–Crippen LogP) is 4.46. The van der Waals surface area contributed by atoms with Gasteiger partial charge >= 0.3 is 0 Å². The molecule has 0 radical (unpaired) electrons. The molecule has 6 nitrogen and oxygen atoms in total. The molecule has 2 bridgehead atoms. The van der Waals surface area contributed by atoms with E-state index in [0.29, 0.717) is 45.0 Å². The van der Waals surface area contributed by atoms with Crippen LogP contribution in [0.4, 0.5) is 5.69 Å². The maximum absolute atomic E-state index is 12.8. The Morgan fingerprint density at radius 3 is 2.65 bits per heavy atom. The quantitative estimate of drug-likeness (QED) is 0.605. The number of anilines is 1. The van der Waals surface area contributed by atoms with E-state index in [0.717, 1.165) is 17.9 Å². The minimum atomic E-state index is -0.319. The van der Waals surface area contributed by atoms with Gasteiger partial charge in [0.2, 0.25) is 5.91 Å². The Hall–Kier alpha value is -1.86. The summed E-state index contributed by atoms with van der Waals surface area (Å²) >= 11 is 9.29. The van der Waals surface area contributed by atoms with Gasteiger partial charge in [-0.2, -0.15) is 5.10 Å². The zero-order valence-electron chi connectivity index (χ0n) is 18.0. The van der Waals surface area contributed by atoms with Gasteiger partial charge < -0.3 is 10.6 Å². The molecule has 8 heteroatoms. The fraction of sp³-hybridized carbons (Fsp3) is 0.522. The van der Waals surface area contributed by atoms with E-state index < -0.39 is 0 Å². The summed E-state index contributed by atoms with van der Waals surface area (Å²) in [6.45, 7) is 7.27. The molecule has 0 spiro atoms. The number of hydrogen-bond donors (Lipinski definition) is 2. The molecule has 3 aliphatic carbocycles. The topological polar surface area (TPSA) is 76.0 Å². The number of benzene rings is 1. The summed E-state index contributed by atoms with van der Waals surface area (Å²) in [4.78, 5) is 25.1. The predicted molar refractivity (Wildman–Crippen MR) is 126 cm³/mol. The Balaban J connectivity index is 1.38. The number of nitrogens with one attached hydrogen (secondary N) is 2. The fourth-order valence-electron chi connectivity index (χ4n) is 5.21. The second-order valence-corrected chi connectivity index (χ2v) is 10.7. The van der Waals surface area contributed by atoms with Crippen molar-refractivity contribution in [3.05, 3.63) is 55.9 Å². The molecule has 3 fully saturated rings. The summed E-state index contributed by atoms with van der Waals surface area (Å²) < 4.78 is 1.59. The number of nitrogens with zero attached hydrogens (tertiary/aromatic N) is 2. The second-order valence-electron chi connectivity index (χ2n) is 9.44. The van der Waals surface area contributed by atoms with Crippen LogP contribution in [0.5, 0.6) is 0 Å². The zero-order chi connectivity index (χ0) is 22.3. The number of halogens is 2. The minimum Gasteiger partial charge on any atom is -0.380 e. The van der Waals surface area contributed by atoms with Crippen LogP contribution in [0.1, 0.15) is 39.2 Å². The molecule has 5 rings (SSSR count). The van der Waals surface area contributed by atoms with Crippen LogP contribution in [0.15, 0.2) is 39.7 Å². The average Bonchev–Trinajstić information content (AvgIpc) is 2.74. The number of carbonyl (C=O) groups excluding carboxylic acids is 1. The maximum Gasteiger partial charge on any atom is 0.283 e. The van der Waals surface area contributed by atoms with Crippen LogP contribution in [0, 0.1) is 23.2 Å². The van der Waals surface area contributed by atoms with Crippen LogP contribution in [0.2, 0.25) is 5.02 Å². The van der Waals surface area contributed by atoms with E-state index >= 15 is 0 Å². The zero-order valence-corrected chi connectivity index (χ0v) is 20.3. The van der Waals surface area contributed by atoms with E-state index in [2.05, 4.69) is 52.4 Å². The number of fused-ring (bicyclic) bond motifs is 2. The van der Waals surface area contributed by atoms with Crippen LogP contribution >= 0.6 is 27.5 Å². The van der Waals surface area contributed by atoms with Crippen molar-refractivity contribution in [1.29, 1.82) is 0 Å². The Morgan fingerprint density at radius 1 is 1.29 bits per heavy atom. The SMILES string of the molecule is C[C@@H]1[C@H]2C[C@@H](C[C@H]1Nc1cnn(CC(=O)NCc3ccc(Cl)cc3)c(=O)c1Br)C2(C)C. The highest BCUT2D eigenvalue weighted by molar-refractivity contribution is 9.10. The van der Waals surface area contributed by atoms with Crippen LogP contribution in [0.3, 0.4) is 0 Å². The third-order valence-corrected chi connectivity index (χ3v) is 8.39. The van der Waals surface area contributed by atoms with Gasteiger partial charge in [0.05, 0.1) is 11.9 Å². The molecule has 1 aromatic heterocycles. The van der Waals surface area contributed by atoms with Crippen LogP contribution < -0.4 is 16.2 Å². The second kappa shape index (κ2) is 8.58.